The molecule has 0 fully saturated rings. The molecule has 2 atom stereocenters. The van der Waals surface area contributed by atoms with E-state index in [0.29, 0.717) is 17.1 Å². The molecule has 0 amide bonds. The molecule has 6 nitrogen and oxygen atoms in total. The van der Waals surface area contributed by atoms with Crippen LogP contribution in [0.4, 0.5) is 5.82 Å². The number of aromatic hydroxyl groups is 1. The topological polar surface area (TPSA) is 102 Å². The van der Waals surface area contributed by atoms with E-state index in [1.807, 2.05) is 49.4 Å². The van der Waals surface area contributed by atoms with E-state index in [-0.39, 0.29) is 17.6 Å². The number of nitriles is 1. The zero-order valence-corrected chi connectivity index (χ0v) is 15.7. The summed E-state index contributed by atoms with van der Waals surface area (Å²) in [5.41, 5.74) is 3.16. The number of rotatable bonds is 3. The van der Waals surface area contributed by atoms with Crippen molar-refractivity contribution in [3.8, 4) is 17.6 Å². The van der Waals surface area contributed by atoms with Crippen molar-refractivity contribution >= 4 is 17.9 Å². The molecule has 2 unspecified atom stereocenters. The fourth-order valence-electron chi connectivity index (χ4n) is 3.44. The molecule has 142 valence electrons. The Morgan fingerprint density at radius 1 is 1.21 bits per heavy atom. The fourth-order valence-corrected chi connectivity index (χ4v) is 3.44. The van der Waals surface area contributed by atoms with E-state index in [2.05, 4.69) is 16.0 Å². The van der Waals surface area contributed by atoms with Crippen LogP contribution in [0, 0.1) is 29.6 Å². The van der Waals surface area contributed by atoms with Crippen LogP contribution in [0.25, 0.3) is 0 Å². The molecule has 29 heavy (non-hydrogen) atoms. The van der Waals surface area contributed by atoms with Crippen molar-refractivity contribution in [1.29, 1.82) is 10.7 Å². The number of pyridine rings is 1. The van der Waals surface area contributed by atoms with Gasteiger partial charge in [-0.3, -0.25) is 5.41 Å². The highest BCUT2D eigenvalue weighted by Crippen LogP contribution is 2.44. The van der Waals surface area contributed by atoms with Crippen LogP contribution in [0.15, 0.2) is 65.8 Å². The Balaban J connectivity index is 1.81. The van der Waals surface area contributed by atoms with Crippen LogP contribution in [0.2, 0.25) is 0 Å². The van der Waals surface area contributed by atoms with Crippen LogP contribution in [0.1, 0.15) is 28.2 Å². The number of ether oxygens (including phenoxy) is 1. The quantitative estimate of drug-likeness (QED) is 0.652. The third kappa shape index (κ3) is 3.58. The molecule has 4 rings (SSSR count). The number of hydrogen-bond donors (Lipinski definition) is 2. The normalized spacial score (nSPS) is 18.1. The maximum atomic E-state index is 10.4. The van der Waals surface area contributed by atoms with Crippen LogP contribution in [-0.2, 0) is 0 Å². The first-order valence-electron chi connectivity index (χ1n) is 9.11. The van der Waals surface area contributed by atoms with Crippen molar-refractivity contribution in [3.05, 3.63) is 83.0 Å². The van der Waals surface area contributed by atoms with Gasteiger partial charge in [0.05, 0.1) is 6.07 Å². The SMILES string of the molecule is Cc1ccnc(N=Cc2cc3c(cc2O)OC(=N)C(C#N)C3c2ccccc2)c1. The van der Waals surface area contributed by atoms with Gasteiger partial charge in [-0.1, -0.05) is 30.3 Å². The molecule has 0 saturated carbocycles. The van der Waals surface area contributed by atoms with Crippen molar-refractivity contribution in [2.24, 2.45) is 10.9 Å². The molecule has 1 aliphatic rings. The lowest BCUT2D eigenvalue weighted by molar-refractivity contribution is 0.435. The zero-order valence-electron chi connectivity index (χ0n) is 15.7. The number of nitrogens with zero attached hydrogens (tertiary/aromatic N) is 3. The lowest BCUT2D eigenvalue weighted by Crippen LogP contribution is -2.31. The summed E-state index contributed by atoms with van der Waals surface area (Å²) < 4.78 is 5.55. The highest BCUT2D eigenvalue weighted by atomic mass is 16.5. The molecule has 0 radical (unpaired) electrons. The van der Waals surface area contributed by atoms with E-state index in [4.69, 9.17) is 10.1 Å². The molecule has 0 saturated heterocycles. The third-order valence-corrected chi connectivity index (χ3v) is 4.86. The molecule has 2 aromatic carbocycles. The Morgan fingerprint density at radius 3 is 2.72 bits per heavy atom. The molecule has 0 spiro atoms. The molecule has 2 N–H and O–H groups in total. The minimum Gasteiger partial charge on any atom is -0.507 e. The summed E-state index contributed by atoms with van der Waals surface area (Å²) in [7, 11) is 0. The minimum atomic E-state index is -0.752. The number of aryl methyl sites for hydroxylation is 1. The van der Waals surface area contributed by atoms with Gasteiger partial charge in [0.15, 0.2) is 5.82 Å². The van der Waals surface area contributed by atoms with Gasteiger partial charge in [0, 0.05) is 35.5 Å². The van der Waals surface area contributed by atoms with Gasteiger partial charge < -0.3 is 9.84 Å². The Morgan fingerprint density at radius 2 is 2.00 bits per heavy atom. The first kappa shape index (κ1) is 18.4. The Labute approximate surface area is 168 Å². The molecular formula is C23H18N4O2. The van der Waals surface area contributed by atoms with E-state index in [9.17, 15) is 10.4 Å². The average molecular weight is 382 g/mol. The van der Waals surface area contributed by atoms with Crippen LogP contribution >= 0.6 is 0 Å². The van der Waals surface area contributed by atoms with Gasteiger partial charge in [0.2, 0.25) is 5.90 Å². The van der Waals surface area contributed by atoms with Crippen molar-refractivity contribution < 1.29 is 9.84 Å². The molecule has 0 aliphatic carbocycles. The highest BCUT2D eigenvalue weighted by molar-refractivity contribution is 5.89. The lowest BCUT2D eigenvalue weighted by atomic mass is 9.78. The summed E-state index contributed by atoms with van der Waals surface area (Å²) in [5, 5.41) is 28.2. The average Bonchev–Trinajstić information content (AvgIpc) is 2.72. The summed E-state index contributed by atoms with van der Waals surface area (Å²) in [5.74, 6) is -0.359. The number of fused-ring (bicyclic) bond motifs is 1. The largest absolute Gasteiger partial charge is 0.507 e. The van der Waals surface area contributed by atoms with Gasteiger partial charge in [0.1, 0.15) is 17.4 Å². The second-order valence-corrected chi connectivity index (χ2v) is 6.86. The maximum Gasteiger partial charge on any atom is 0.205 e. The minimum absolute atomic E-state index is 0.0184. The van der Waals surface area contributed by atoms with E-state index in [1.165, 1.54) is 6.07 Å². The first-order valence-corrected chi connectivity index (χ1v) is 9.11. The van der Waals surface area contributed by atoms with Crippen molar-refractivity contribution in [1.82, 2.24) is 4.98 Å². The van der Waals surface area contributed by atoms with Gasteiger partial charge in [0.25, 0.3) is 0 Å². The fraction of sp³-hybridized carbons (Fsp3) is 0.130. The van der Waals surface area contributed by atoms with Gasteiger partial charge in [-0.15, -0.1) is 0 Å². The standard InChI is InChI=1S/C23H18N4O2/c1-14-7-8-26-21(9-14)27-13-16-10-17-20(11-19(16)28)29-23(25)18(12-24)22(17)15-5-3-2-4-6-15/h2-11,13,18,22,25,28H,1H3. The lowest BCUT2D eigenvalue weighted by Gasteiger charge is -2.30. The summed E-state index contributed by atoms with van der Waals surface area (Å²) >= 11 is 0. The van der Waals surface area contributed by atoms with E-state index in [0.717, 1.165) is 16.7 Å². The van der Waals surface area contributed by atoms with Gasteiger partial charge in [-0.05, 0) is 36.2 Å². The third-order valence-electron chi connectivity index (χ3n) is 4.86. The van der Waals surface area contributed by atoms with Crippen molar-refractivity contribution in [2.45, 2.75) is 12.8 Å². The zero-order chi connectivity index (χ0) is 20.4. The molecule has 0 bridgehead atoms. The van der Waals surface area contributed by atoms with Crippen LogP contribution in [-0.4, -0.2) is 22.2 Å². The van der Waals surface area contributed by atoms with Crippen LogP contribution < -0.4 is 4.74 Å². The Bertz CT molecular complexity index is 1150. The van der Waals surface area contributed by atoms with Gasteiger partial charge in [-0.25, -0.2) is 9.98 Å². The summed E-state index contributed by atoms with van der Waals surface area (Å²) in [6.07, 6.45) is 3.22. The monoisotopic (exact) mass is 382 g/mol. The van der Waals surface area contributed by atoms with E-state index in [1.54, 1.807) is 18.5 Å². The second kappa shape index (κ2) is 7.56. The number of hydrogen-bond acceptors (Lipinski definition) is 6. The van der Waals surface area contributed by atoms with E-state index >= 15 is 0 Å². The number of benzene rings is 2. The number of phenols is 1. The highest BCUT2D eigenvalue weighted by Gasteiger charge is 2.37. The Kier molecular flexibility index (Phi) is 4.80. The first-order chi connectivity index (χ1) is 14.1. The van der Waals surface area contributed by atoms with Gasteiger partial charge >= 0.3 is 0 Å². The van der Waals surface area contributed by atoms with Gasteiger partial charge in [-0.2, -0.15) is 5.26 Å². The number of nitrogens with one attached hydrogen (secondary N) is 1. The number of aromatic nitrogens is 1. The number of phenolic OH excluding ortho intramolecular Hbond substituents is 1. The molecular weight excluding hydrogens is 364 g/mol. The maximum absolute atomic E-state index is 10.4. The summed E-state index contributed by atoms with van der Waals surface area (Å²) in [6, 6.07) is 18.7. The summed E-state index contributed by atoms with van der Waals surface area (Å²) in [4.78, 5) is 8.55. The molecule has 1 aromatic heterocycles. The van der Waals surface area contributed by atoms with E-state index < -0.39 is 5.92 Å². The van der Waals surface area contributed by atoms with Crippen molar-refractivity contribution in [3.63, 3.8) is 0 Å². The molecule has 3 aromatic rings. The smallest absolute Gasteiger partial charge is 0.205 e. The molecule has 1 aliphatic heterocycles. The number of aliphatic imine (C=N–C) groups is 1. The summed E-state index contributed by atoms with van der Waals surface area (Å²) in [6.45, 7) is 1.95. The molecule has 6 heteroatoms. The van der Waals surface area contributed by atoms with Crippen molar-refractivity contribution in [2.75, 3.05) is 0 Å². The second-order valence-electron chi connectivity index (χ2n) is 6.86. The van der Waals surface area contributed by atoms with Crippen LogP contribution in [0.5, 0.6) is 11.5 Å². The van der Waals surface area contributed by atoms with Crippen LogP contribution in [0.3, 0.4) is 0 Å². The molecule has 2 heterocycles. The Hall–Kier alpha value is -3.98. The predicted octanol–water partition coefficient (Wildman–Crippen LogP) is 4.49. The predicted molar refractivity (Wildman–Crippen MR) is 110 cm³/mol.